The highest BCUT2D eigenvalue weighted by atomic mass is 35.5. The predicted octanol–water partition coefficient (Wildman–Crippen LogP) is 7.23. The summed E-state index contributed by atoms with van der Waals surface area (Å²) >= 11 is 13.3. The molecule has 1 saturated heterocycles. The molecule has 0 atom stereocenters. The Kier molecular flexibility index (Phi) is 9.87. The number of halogens is 8. The van der Waals surface area contributed by atoms with Crippen LogP contribution in [-0.4, -0.2) is 63.5 Å². The number of fused-ring (bicyclic) bond motifs is 2. The number of benzene rings is 2. The lowest BCUT2D eigenvalue weighted by molar-refractivity contribution is -0.179. The van der Waals surface area contributed by atoms with Gasteiger partial charge in [-0.3, -0.25) is 14.7 Å². The van der Waals surface area contributed by atoms with Gasteiger partial charge in [0.25, 0.3) is 11.8 Å². The van der Waals surface area contributed by atoms with Crippen LogP contribution in [0.1, 0.15) is 63.4 Å². The summed E-state index contributed by atoms with van der Waals surface area (Å²) in [6, 6.07) is 6.24. The van der Waals surface area contributed by atoms with Gasteiger partial charge in [0.1, 0.15) is 0 Å². The average Bonchev–Trinajstić information content (AvgIpc) is 3.76. The number of aromatic amines is 1. The van der Waals surface area contributed by atoms with Crippen molar-refractivity contribution in [3.63, 3.8) is 0 Å². The first-order chi connectivity index (χ1) is 23.6. The SMILES string of the molecule is Cn1c(Nc2c(Cl)ccc(CNC(=O)c3n[nH]c4c3CCC4)c2Cl)nc2cc(C(=O)NCCC(F)(F)F)c(N3CCC(C(F)(F)F)CC3)cc21. The minimum absolute atomic E-state index is 0.0152. The molecule has 1 fully saturated rings. The van der Waals surface area contributed by atoms with E-state index in [0.29, 0.717) is 16.8 Å². The van der Waals surface area contributed by atoms with Crippen LogP contribution in [0.2, 0.25) is 10.0 Å². The van der Waals surface area contributed by atoms with Gasteiger partial charge in [-0.1, -0.05) is 29.3 Å². The maximum absolute atomic E-state index is 13.4. The first-order valence-corrected chi connectivity index (χ1v) is 16.6. The molecule has 2 aromatic heterocycles. The molecule has 6 rings (SSSR count). The average molecular weight is 746 g/mol. The standard InChI is InChI=1S/C32H32Cl2F6N8O2/c1-47-24-14-23(48-11-7-17(8-12-48)32(38,39)40)19(28(49)41-10-9-31(35,36)37)13-22(24)43-30(47)44-27-20(33)6-5-16(25(27)34)15-42-29(50)26-18-3-2-4-21(18)45-46-26/h5-6,13-14,17H,2-4,7-12,15H2,1H3,(H,41,49)(H,42,50)(H,43,44)(H,45,46). The lowest BCUT2D eigenvalue weighted by Gasteiger charge is -2.35. The number of hydrogen-bond donors (Lipinski definition) is 4. The molecule has 10 nitrogen and oxygen atoms in total. The second kappa shape index (κ2) is 13.9. The summed E-state index contributed by atoms with van der Waals surface area (Å²) in [7, 11) is 1.66. The van der Waals surface area contributed by atoms with Crippen LogP contribution in [0.5, 0.6) is 0 Å². The zero-order valence-corrected chi connectivity index (χ0v) is 28.1. The number of anilines is 3. The number of amides is 2. The minimum atomic E-state index is -4.49. The number of imidazole rings is 1. The second-order valence-electron chi connectivity index (χ2n) is 12.4. The van der Waals surface area contributed by atoms with E-state index in [0.717, 1.165) is 30.5 Å². The molecule has 268 valence electrons. The smallest absolute Gasteiger partial charge is 0.371 e. The fourth-order valence-electron chi connectivity index (χ4n) is 6.37. The Morgan fingerprint density at radius 2 is 1.76 bits per heavy atom. The maximum atomic E-state index is 13.4. The van der Waals surface area contributed by atoms with Gasteiger partial charge in [0.2, 0.25) is 5.95 Å². The van der Waals surface area contributed by atoms with Gasteiger partial charge in [0, 0.05) is 44.5 Å². The second-order valence-corrected chi connectivity index (χ2v) is 13.1. The van der Waals surface area contributed by atoms with Crippen LogP contribution in [0.3, 0.4) is 0 Å². The minimum Gasteiger partial charge on any atom is -0.371 e. The summed E-state index contributed by atoms with van der Waals surface area (Å²) < 4.78 is 80.2. The molecule has 3 heterocycles. The highest BCUT2D eigenvalue weighted by Crippen LogP contribution is 2.39. The number of hydrogen-bond acceptors (Lipinski definition) is 6. The van der Waals surface area contributed by atoms with Crippen LogP contribution in [0, 0.1) is 5.92 Å². The molecule has 50 heavy (non-hydrogen) atoms. The third-order valence-electron chi connectivity index (χ3n) is 9.10. The molecule has 4 aromatic rings. The molecule has 0 bridgehead atoms. The number of nitrogens with zero attached hydrogens (tertiary/aromatic N) is 4. The number of aryl methyl sites for hydroxylation is 2. The van der Waals surface area contributed by atoms with Crippen molar-refractivity contribution in [2.45, 2.75) is 57.4 Å². The highest BCUT2D eigenvalue weighted by Gasteiger charge is 2.41. The van der Waals surface area contributed by atoms with Crippen molar-refractivity contribution in [3.05, 3.63) is 62.4 Å². The van der Waals surface area contributed by atoms with Crippen molar-refractivity contribution >= 4 is 63.4 Å². The summed E-state index contributed by atoms with van der Waals surface area (Å²) in [5.41, 5.74) is 4.05. The normalized spacial score (nSPS) is 15.4. The van der Waals surface area contributed by atoms with Gasteiger partial charge < -0.3 is 25.4 Å². The Hall–Kier alpha value is -4.18. The van der Waals surface area contributed by atoms with Crippen LogP contribution >= 0.6 is 23.2 Å². The monoisotopic (exact) mass is 744 g/mol. The topological polar surface area (TPSA) is 120 Å². The van der Waals surface area contributed by atoms with Gasteiger partial charge >= 0.3 is 12.4 Å². The molecule has 0 spiro atoms. The zero-order chi connectivity index (χ0) is 36.0. The van der Waals surface area contributed by atoms with Crippen molar-refractivity contribution in [2.75, 3.05) is 29.9 Å². The van der Waals surface area contributed by atoms with E-state index in [9.17, 15) is 35.9 Å². The molecule has 0 saturated carbocycles. The zero-order valence-electron chi connectivity index (χ0n) is 26.6. The summed E-state index contributed by atoms with van der Waals surface area (Å²) in [5.74, 6) is -2.43. The predicted molar refractivity (Wildman–Crippen MR) is 176 cm³/mol. The Balaban J connectivity index is 1.27. The molecule has 2 aromatic carbocycles. The van der Waals surface area contributed by atoms with Crippen molar-refractivity contribution in [3.8, 4) is 0 Å². The van der Waals surface area contributed by atoms with Crippen molar-refractivity contribution in [1.29, 1.82) is 0 Å². The van der Waals surface area contributed by atoms with E-state index in [1.807, 2.05) is 0 Å². The molecular weight excluding hydrogens is 713 g/mol. The van der Waals surface area contributed by atoms with Crippen LogP contribution in [0.4, 0.5) is 43.7 Å². The van der Waals surface area contributed by atoms with Gasteiger partial charge in [-0.2, -0.15) is 31.4 Å². The fraction of sp³-hybridized carbons (Fsp3) is 0.438. The lowest BCUT2D eigenvalue weighted by Crippen LogP contribution is -2.40. The van der Waals surface area contributed by atoms with E-state index in [4.69, 9.17) is 23.2 Å². The number of H-pyrrole nitrogens is 1. The first-order valence-electron chi connectivity index (χ1n) is 15.9. The summed E-state index contributed by atoms with van der Waals surface area (Å²) in [6.45, 7) is -0.644. The molecule has 4 N–H and O–H groups in total. The van der Waals surface area contributed by atoms with E-state index < -0.39 is 37.1 Å². The van der Waals surface area contributed by atoms with E-state index in [1.165, 1.54) is 6.07 Å². The fourth-order valence-corrected chi connectivity index (χ4v) is 6.90. The molecule has 2 aliphatic rings. The van der Waals surface area contributed by atoms with E-state index >= 15 is 0 Å². The molecule has 1 aliphatic carbocycles. The molecule has 0 radical (unpaired) electrons. The molecule has 0 unspecified atom stereocenters. The van der Waals surface area contributed by atoms with Crippen LogP contribution in [0.15, 0.2) is 24.3 Å². The molecule has 2 amide bonds. The number of piperidine rings is 1. The van der Waals surface area contributed by atoms with E-state index in [1.54, 1.807) is 34.7 Å². The Bertz CT molecular complexity index is 1930. The van der Waals surface area contributed by atoms with Crippen LogP contribution in [-0.2, 0) is 26.4 Å². The van der Waals surface area contributed by atoms with Crippen LogP contribution in [0.25, 0.3) is 11.0 Å². The van der Waals surface area contributed by atoms with Gasteiger partial charge in [-0.25, -0.2) is 4.98 Å². The largest absolute Gasteiger partial charge is 0.391 e. The Morgan fingerprint density at radius 3 is 2.46 bits per heavy atom. The third kappa shape index (κ3) is 7.45. The number of carbonyl (C=O) groups is 2. The number of alkyl halides is 6. The Morgan fingerprint density at radius 1 is 1.02 bits per heavy atom. The Labute approximate surface area is 291 Å². The lowest BCUT2D eigenvalue weighted by atomic mass is 9.95. The summed E-state index contributed by atoms with van der Waals surface area (Å²) in [4.78, 5) is 32.3. The summed E-state index contributed by atoms with van der Waals surface area (Å²) in [5, 5.41) is 15.7. The number of rotatable bonds is 9. The van der Waals surface area contributed by atoms with Crippen molar-refractivity contribution < 1.29 is 35.9 Å². The first kappa shape index (κ1) is 35.6. The van der Waals surface area contributed by atoms with E-state index in [-0.39, 0.29) is 76.8 Å². The third-order valence-corrected chi connectivity index (χ3v) is 9.85. The van der Waals surface area contributed by atoms with E-state index in [2.05, 4.69) is 31.1 Å². The molecule has 1 aliphatic heterocycles. The number of nitrogens with one attached hydrogen (secondary N) is 4. The van der Waals surface area contributed by atoms with Crippen molar-refractivity contribution in [1.82, 2.24) is 30.4 Å². The van der Waals surface area contributed by atoms with Gasteiger partial charge in [0.05, 0.1) is 50.4 Å². The van der Waals surface area contributed by atoms with Gasteiger partial charge in [-0.15, -0.1) is 0 Å². The van der Waals surface area contributed by atoms with Crippen molar-refractivity contribution in [2.24, 2.45) is 13.0 Å². The molecular formula is C32H32Cl2F6N8O2. The number of aromatic nitrogens is 4. The maximum Gasteiger partial charge on any atom is 0.391 e. The highest BCUT2D eigenvalue weighted by molar-refractivity contribution is 6.39. The van der Waals surface area contributed by atoms with Gasteiger partial charge in [-0.05, 0) is 55.9 Å². The summed E-state index contributed by atoms with van der Waals surface area (Å²) in [6.07, 6.45) is -7.95. The van der Waals surface area contributed by atoms with Crippen LogP contribution < -0.4 is 20.9 Å². The quantitative estimate of drug-likeness (QED) is 0.134. The molecule has 18 heteroatoms. The van der Waals surface area contributed by atoms with Gasteiger partial charge in [0.15, 0.2) is 5.69 Å². The number of carbonyl (C=O) groups excluding carboxylic acids is 2.